The molecule has 1 aliphatic rings. The molecule has 1 saturated heterocycles. The molecule has 4 heteroatoms. The smallest absolute Gasteiger partial charge is 0.221 e. The molecule has 1 amide bonds. The molecule has 0 radical (unpaired) electrons. The number of hydrogen-bond donors (Lipinski definition) is 2. The first-order valence-electron chi connectivity index (χ1n) is 5.83. The van der Waals surface area contributed by atoms with Crippen LogP contribution in [0.15, 0.2) is 0 Å². The van der Waals surface area contributed by atoms with Gasteiger partial charge in [0, 0.05) is 32.6 Å². The molecule has 3 N–H and O–H groups in total. The van der Waals surface area contributed by atoms with E-state index in [-0.39, 0.29) is 5.91 Å². The maximum Gasteiger partial charge on any atom is 0.221 e. The fourth-order valence-corrected chi connectivity index (χ4v) is 2.36. The Balaban J connectivity index is 2.40. The van der Waals surface area contributed by atoms with Gasteiger partial charge in [0.25, 0.3) is 0 Å². The van der Waals surface area contributed by atoms with Crippen LogP contribution in [0.1, 0.15) is 26.2 Å². The maximum absolute atomic E-state index is 11.2. The van der Waals surface area contributed by atoms with Gasteiger partial charge in [-0.15, -0.1) is 0 Å². The summed E-state index contributed by atoms with van der Waals surface area (Å²) < 4.78 is 0. The summed E-state index contributed by atoms with van der Waals surface area (Å²) in [6.07, 6.45) is 3.07. The van der Waals surface area contributed by atoms with Crippen molar-refractivity contribution in [3.8, 4) is 0 Å². The molecule has 2 unspecified atom stereocenters. The van der Waals surface area contributed by atoms with Crippen molar-refractivity contribution >= 4 is 5.91 Å². The minimum absolute atomic E-state index is 0.115. The Kier molecular flexibility index (Phi) is 5.05. The topological polar surface area (TPSA) is 58.4 Å². The molecule has 1 fully saturated rings. The lowest BCUT2D eigenvalue weighted by atomic mass is 9.90. The molecule has 1 heterocycles. The summed E-state index contributed by atoms with van der Waals surface area (Å²) in [5, 5.41) is 2.65. The third kappa shape index (κ3) is 3.47. The third-order valence-electron chi connectivity index (χ3n) is 3.38. The molecule has 2 atom stereocenters. The molecule has 0 aromatic carbocycles. The number of piperidine rings is 1. The van der Waals surface area contributed by atoms with E-state index in [0.717, 1.165) is 13.1 Å². The summed E-state index contributed by atoms with van der Waals surface area (Å²) in [4.78, 5) is 13.5. The monoisotopic (exact) mass is 213 g/mol. The van der Waals surface area contributed by atoms with Crippen LogP contribution in [0.2, 0.25) is 0 Å². The van der Waals surface area contributed by atoms with Crippen molar-refractivity contribution in [3.63, 3.8) is 0 Å². The normalized spacial score (nSPS) is 27.7. The SMILES string of the molecule is CNC(=O)CCN1CCCC(C)C1CN. The second-order valence-corrected chi connectivity index (χ2v) is 4.38. The highest BCUT2D eigenvalue weighted by atomic mass is 16.1. The number of nitrogens with one attached hydrogen (secondary N) is 1. The third-order valence-corrected chi connectivity index (χ3v) is 3.38. The van der Waals surface area contributed by atoms with Crippen LogP contribution in [0.4, 0.5) is 0 Å². The second kappa shape index (κ2) is 6.08. The Morgan fingerprint density at radius 3 is 2.93 bits per heavy atom. The highest BCUT2D eigenvalue weighted by Crippen LogP contribution is 2.22. The van der Waals surface area contributed by atoms with E-state index in [4.69, 9.17) is 5.73 Å². The van der Waals surface area contributed by atoms with Crippen LogP contribution in [-0.2, 0) is 4.79 Å². The van der Waals surface area contributed by atoms with E-state index in [2.05, 4.69) is 17.1 Å². The Hall–Kier alpha value is -0.610. The highest BCUT2D eigenvalue weighted by Gasteiger charge is 2.27. The lowest BCUT2D eigenvalue weighted by Gasteiger charge is -2.39. The second-order valence-electron chi connectivity index (χ2n) is 4.38. The molecule has 0 aromatic heterocycles. The van der Waals surface area contributed by atoms with Gasteiger partial charge in [-0.2, -0.15) is 0 Å². The van der Waals surface area contributed by atoms with Crippen molar-refractivity contribution < 1.29 is 4.79 Å². The van der Waals surface area contributed by atoms with E-state index < -0.39 is 0 Å². The van der Waals surface area contributed by atoms with Gasteiger partial charge < -0.3 is 11.1 Å². The first-order valence-corrected chi connectivity index (χ1v) is 5.83. The largest absolute Gasteiger partial charge is 0.359 e. The summed E-state index contributed by atoms with van der Waals surface area (Å²) in [7, 11) is 1.68. The van der Waals surface area contributed by atoms with E-state index in [1.165, 1.54) is 12.8 Å². The standard InChI is InChI=1S/C11H23N3O/c1-9-4-3-6-14(10(9)8-12)7-5-11(15)13-2/h9-10H,3-8,12H2,1-2H3,(H,13,15). The average Bonchev–Trinajstić information content (AvgIpc) is 2.25. The zero-order valence-electron chi connectivity index (χ0n) is 9.83. The zero-order valence-corrected chi connectivity index (χ0v) is 9.83. The van der Waals surface area contributed by atoms with Gasteiger partial charge in [0.1, 0.15) is 0 Å². The molecule has 0 spiro atoms. The maximum atomic E-state index is 11.2. The van der Waals surface area contributed by atoms with Gasteiger partial charge in [-0.25, -0.2) is 0 Å². The molecule has 1 aliphatic heterocycles. The van der Waals surface area contributed by atoms with E-state index in [9.17, 15) is 4.79 Å². The number of rotatable bonds is 4. The lowest BCUT2D eigenvalue weighted by Crippen LogP contribution is -2.49. The molecular formula is C11H23N3O. The van der Waals surface area contributed by atoms with Crippen molar-refractivity contribution in [1.29, 1.82) is 0 Å². The van der Waals surface area contributed by atoms with Crippen molar-refractivity contribution in [2.75, 3.05) is 26.7 Å². The number of nitrogens with two attached hydrogens (primary N) is 1. The van der Waals surface area contributed by atoms with Crippen molar-refractivity contribution in [1.82, 2.24) is 10.2 Å². The van der Waals surface area contributed by atoms with Crippen LogP contribution in [0.25, 0.3) is 0 Å². The lowest BCUT2D eigenvalue weighted by molar-refractivity contribution is -0.121. The Bertz CT molecular complexity index is 208. The predicted molar refractivity (Wildman–Crippen MR) is 61.5 cm³/mol. The van der Waals surface area contributed by atoms with Gasteiger partial charge in [0.2, 0.25) is 5.91 Å². The number of carbonyl (C=O) groups is 1. The Morgan fingerprint density at radius 1 is 1.60 bits per heavy atom. The first kappa shape index (κ1) is 12.5. The molecule has 15 heavy (non-hydrogen) atoms. The van der Waals surface area contributed by atoms with E-state index in [0.29, 0.717) is 24.9 Å². The first-order chi connectivity index (χ1) is 7.19. The fourth-order valence-electron chi connectivity index (χ4n) is 2.36. The summed E-state index contributed by atoms with van der Waals surface area (Å²) >= 11 is 0. The van der Waals surface area contributed by atoms with Gasteiger partial charge in [0.15, 0.2) is 0 Å². The van der Waals surface area contributed by atoms with Crippen LogP contribution in [0, 0.1) is 5.92 Å². The molecule has 88 valence electrons. The van der Waals surface area contributed by atoms with Crippen molar-refractivity contribution in [3.05, 3.63) is 0 Å². The molecule has 0 bridgehead atoms. The van der Waals surface area contributed by atoms with Crippen LogP contribution >= 0.6 is 0 Å². The van der Waals surface area contributed by atoms with Crippen LogP contribution in [-0.4, -0.2) is 43.5 Å². The molecular weight excluding hydrogens is 190 g/mol. The van der Waals surface area contributed by atoms with Gasteiger partial charge in [-0.1, -0.05) is 6.92 Å². The van der Waals surface area contributed by atoms with Crippen molar-refractivity contribution in [2.45, 2.75) is 32.2 Å². The van der Waals surface area contributed by atoms with Crippen LogP contribution in [0.3, 0.4) is 0 Å². The highest BCUT2D eigenvalue weighted by molar-refractivity contribution is 5.75. The molecule has 4 nitrogen and oxygen atoms in total. The van der Waals surface area contributed by atoms with E-state index in [1.807, 2.05) is 0 Å². The summed E-state index contributed by atoms with van der Waals surface area (Å²) in [6, 6.07) is 0.461. The molecule has 0 aliphatic carbocycles. The minimum Gasteiger partial charge on any atom is -0.359 e. The number of likely N-dealkylation sites (tertiary alicyclic amines) is 1. The number of nitrogens with zero attached hydrogens (tertiary/aromatic N) is 1. The molecule has 0 saturated carbocycles. The van der Waals surface area contributed by atoms with Crippen LogP contribution in [0.5, 0.6) is 0 Å². The molecule has 0 aromatic rings. The van der Waals surface area contributed by atoms with E-state index in [1.54, 1.807) is 7.05 Å². The molecule has 1 rings (SSSR count). The Morgan fingerprint density at radius 2 is 2.33 bits per heavy atom. The van der Waals surface area contributed by atoms with E-state index >= 15 is 0 Å². The fraction of sp³-hybridized carbons (Fsp3) is 0.909. The van der Waals surface area contributed by atoms with Gasteiger partial charge in [-0.05, 0) is 25.3 Å². The Labute approximate surface area is 92.2 Å². The quantitative estimate of drug-likeness (QED) is 0.700. The minimum atomic E-state index is 0.115. The summed E-state index contributed by atoms with van der Waals surface area (Å²) in [6.45, 7) is 4.88. The predicted octanol–water partition coefficient (Wildman–Crippen LogP) is 0.182. The van der Waals surface area contributed by atoms with Gasteiger partial charge >= 0.3 is 0 Å². The van der Waals surface area contributed by atoms with Crippen LogP contribution < -0.4 is 11.1 Å². The average molecular weight is 213 g/mol. The summed E-state index contributed by atoms with van der Waals surface area (Å²) in [5.74, 6) is 0.775. The number of hydrogen-bond acceptors (Lipinski definition) is 3. The van der Waals surface area contributed by atoms with Gasteiger partial charge in [0.05, 0.1) is 0 Å². The number of carbonyl (C=O) groups excluding carboxylic acids is 1. The van der Waals surface area contributed by atoms with Gasteiger partial charge in [-0.3, -0.25) is 9.69 Å². The zero-order chi connectivity index (χ0) is 11.3. The number of amides is 1. The summed E-state index contributed by atoms with van der Waals surface area (Å²) in [5.41, 5.74) is 5.78. The van der Waals surface area contributed by atoms with Crippen molar-refractivity contribution in [2.24, 2.45) is 11.7 Å².